The molecular formula is C13H24N2O3. The van der Waals surface area contributed by atoms with Crippen LogP contribution >= 0.6 is 0 Å². The lowest BCUT2D eigenvalue weighted by atomic mass is 10.1. The van der Waals surface area contributed by atoms with Crippen molar-refractivity contribution in [2.45, 2.75) is 31.7 Å². The van der Waals surface area contributed by atoms with Crippen LogP contribution in [0.25, 0.3) is 0 Å². The molecule has 104 valence electrons. The van der Waals surface area contributed by atoms with Gasteiger partial charge in [-0.05, 0) is 19.4 Å². The fraction of sp³-hybridized carbons (Fsp3) is 0.923. The Labute approximate surface area is 109 Å². The van der Waals surface area contributed by atoms with E-state index in [0.29, 0.717) is 0 Å². The maximum absolute atomic E-state index is 11.3. The number of ether oxygens (including phenoxy) is 1. The fourth-order valence-corrected chi connectivity index (χ4v) is 2.81. The Bertz CT molecular complexity index is 267. The Kier molecular flexibility index (Phi) is 5.41. The Balaban J connectivity index is 1.81. The number of aliphatic carboxylic acids is 1. The molecule has 0 aliphatic carbocycles. The third kappa shape index (κ3) is 3.93. The molecule has 0 bridgehead atoms. The van der Waals surface area contributed by atoms with Gasteiger partial charge in [-0.25, -0.2) is 0 Å². The number of likely N-dealkylation sites (tertiary alicyclic amines) is 1. The first-order valence-electron chi connectivity index (χ1n) is 7.04. The van der Waals surface area contributed by atoms with E-state index >= 15 is 0 Å². The normalized spacial score (nSPS) is 27.9. The maximum Gasteiger partial charge on any atom is 0.320 e. The van der Waals surface area contributed by atoms with Crippen LogP contribution < -0.4 is 0 Å². The molecule has 2 fully saturated rings. The van der Waals surface area contributed by atoms with Gasteiger partial charge in [0, 0.05) is 26.2 Å². The van der Waals surface area contributed by atoms with Crippen molar-refractivity contribution in [3.05, 3.63) is 0 Å². The minimum atomic E-state index is -0.654. The summed E-state index contributed by atoms with van der Waals surface area (Å²) >= 11 is 0. The van der Waals surface area contributed by atoms with Gasteiger partial charge in [-0.2, -0.15) is 0 Å². The average Bonchev–Trinajstić information content (AvgIpc) is 2.63. The zero-order chi connectivity index (χ0) is 12.8. The van der Waals surface area contributed by atoms with Crippen molar-refractivity contribution in [3.63, 3.8) is 0 Å². The number of hydrogen-bond acceptors (Lipinski definition) is 4. The molecule has 18 heavy (non-hydrogen) atoms. The van der Waals surface area contributed by atoms with Gasteiger partial charge in [0.25, 0.3) is 0 Å². The highest BCUT2D eigenvalue weighted by atomic mass is 16.5. The van der Waals surface area contributed by atoms with E-state index in [1.165, 1.54) is 0 Å². The number of carboxylic acid groups (broad SMARTS) is 1. The van der Waals surface area contributed by atoms with Gasteiger partial charge in [0.2, 0.25) is 0 Å². The molecule has 2 saturated heterocycles. The van der Waals surface area contributed by atoms with Gasteiger partial charge in [0.1, 0.15) is 6.04 Å². The summed E-state index contributed by atoms with van der Waals surface area (Å²) in [6, 6.07) is -0.270. The minimum Gasteiger partial charge on any atom is -0.480 e. The highest BCUT2D eigenvalue weighted by molar-refractivity contribution is 5.73. The molecule has 0 spiro atoms. The molecule has 2 aliphatic heterocycles. The average molecular weight is 256 g/mol. The summed E-state index contributed by atoms with van der Waals surface area (Å²) < 4.78 is 5.32. The number of carbonyl (C=O) groups is 1. The summed E-state index contributed by atoms with van der Waals surface area (Å²) in [7, 11) is 0. The van der Waals surface area contributed by atoms with E-state index in [0.717, 1.165) is 71.6 Å². The smallest absolute Gasteiger partial charge is 0.320 e. The highest BCUT2D eigenvalue weighted by Gasteiger charge is 2.27. The predicted molar refractivity (Wildman–Crippen MR) is 68.7 cm³/mol. The van der Waals surface area contributed by atoms with Crippen LogP contribution in [0.15, 0.2) is 0 Å². The van der Waals surface area contributed by atoms with Crippen LogP contribution in [0.1, 0.15) is 25.7 Å². The van der Waals surface area contributed by atoms with E-state index in [-0.39, 0.29) is 6.04 Å². The molecule has 2 rings (SSSR count). The summed E-state index contributed by atoms with van der Waals surface area (Å²) in [5.74, 6) is -0.654. The molecule has 1 unspecified atom stereocenters. The van der Waals surface area contributed by atoms with Crippen molar-refractivity contribution in [2.75, 3.05) is 45.9 Å². The zero-order valence-corrected chi connectivity index (χ0v) is 11.0. The van der Waals surface area contributed by atoms with Crippen LogP contribution in [-0.2, 0) is 9.53 Å². The molecule has 0 aromatic carbocycles. The molecule has 1 atom stereocenters. The van der Waals surface area contributed by atoms with E-state index < -0.39 is 5.97 Å². The zero-order valence-electron chi connectivity index (χ0n) is 11.0. The van der Waals surface area contributed by atoms with Crippen molar-refractivity contribution < 1.29 is 14.6 Å². The summed E-state index contributed by atoms with van der Waals surface area (Å²) in [5, 5.41) is 9.30. The van der Waals surface area contributed by atoms with E-state index in [1.807, 2.05) is 0 Å². The van der Waals surface area contributed by atoms with Crippen LogP contribution in [0.4, 0.5) is 0 Å². The standard InChI is InChI=1S/C13H24N2O3/c16-13(17)12-4-2-1-3-5-15(12)7-6-14-8-10-18-11-9-14/h12H,1-11H2,(H,16,17). The Morgan fingerprint density at radius 1 is 1.11 bits per heavy atom. The summed E-state index contributed by atoms with van der Waals surface area (Å²) in [6.07, 6.45) is 4.15. The van der Waals surface area contributed by atoms with Crippen LogP contribution in [0.2, 0.25) is 0 Å². The van der Waals surface area contributed by atoms with Crippen molar-refractivity contribution in [1.82, 2.24) is 9.80 Å². The molecule has 2 heterocycles. The van der Waals surface area contributed by atoms with Crippen molar-refractivity contribution in [1.29, 1.82) is 0 Å². The van der Waals surface area contributed by atoms with E-state index in [2.05, 4.69) is 9.80 Å². The van der Waals surface area contributed by atoms with Crippen LogP contribution in [0.5, 0.6) is 0 Å². The summed E-state index contributed by atoms with van der Waals surface area (Å²) in [4.78, 5) is 15.8. The predicted octanol–water partition coefficient (Wildman–Crippen LogP) is 0.648. The summed E-state index contributed by atoms with van der Waals surface area (Å²) in [6.45, 7) is 6.34. The van der Waals surface area contributed by atoms with Crippen molar-refractivity contribution in [2.24, 2.45) is 0 Å². The first-order valence-corrected chi connectivity index (χ1v) is 7.04. The molecular weight excluding hydrogens is 232 g/mol. The molecule has 0 radical (unpaired) electrons. The number of carboxylic acids is 1. The second-order valence-corrected chi connectivity index (χ2v) is 5.19. The molecule has 0 aromatic rings. The quantitative estimate of drug-likeness (QED) is 0.800. The molecule has 5 nitrogen and oxygen atoms in total. The molecule has 0 saturated carbocycles. The number of hydrogen-bond donors (Lipinski definition) is 1. The molecule has 2 aliphatic rings. The third-order valence-corrected chi connectivity index (χ3v) is 3.96. The SMILES string of the molecule is O=C(O)C1CCCCCN1CCN1CCOCC1. The summed E-state index contributed by atoms with van der Waals surface area (Å²) in [5.41, 5.74) is 0. The molecule has 5 heteroatoms. The first kappa shape index (κ1) is 13.8. The van der Waals surface area contributed by atoms with Gasteiger partial charge in [-0.3, -0.25) is 14.6 Å². The topological polar surface area (TPSA) is 53.0 Å². The monoisotopic (exact) mass is 256 g/mol. The van der Waals surface area contributed by atoms with E-state index in [4.69, 9.17) is 4.74 Å². The van der Waals surface area contributed by atoms with Crippen molar-refractivity contribution in [3.8, 4) is 0 Å². The van der Waals surface area contributed by atoms with Gasteiger partial charge < -0.3 is 9.84 Å². The van der Waals surface area contributed by atoms with Crippen LogP contribution in [0.3, 0.4) is 0 Å². The Morgan fingerprint density at radius 2 is 1.89 bits per heavy atom. The van der Waals surface area contributed by atoms with Gasteiger partial charge in [-0.1, -0.05) is 12.8 Å². The molecule has 1 N–H and O–H groups in total. The van der Waals surface area contributed by atoms with Crippen molar-refractivity contribution >= 4 is 5.97 Å². The maximum atomic E-state index is 11.3. The highest BCUT2D eigenvalue weighted by Crippen LogP contribution is 2.17. The lowest BCUT2D eigenvalue weighted by Crippen LogP contribution is -2.46. The second-order valence-electron chi connectivity index (χ2n) is 5.19. The fourth-order valence-electron chi connectivity index (χ4n) is 2.81. The molecule has 0 aromatic heterocycles. The number of rotatable bonds is 4. The first-order chi connectivity index (χ1) is 8.77. The second kappa shape index (κ2) is 7.07. The van der Waals surface area contributed by atoms with E-state index in [1.54, 1.807) is 0 Å². The van der Waals surface area contributed by atoms with Gasteiger partial charge in [0.05, 0.1) is 13.2 Å². The van der Waals surface area contributed by atoms with Gasteiger partial charge in [0.15, 0.2) is 0 Å². The van der Waals surface area contributed by atoms with Gasteiger partial charge >= 0.3 is 5.97 Å². The van der Waals surface area contributed by atoms with Crippen LogP contribution in [-0.4, -0.2) is 72.9 Å². The Hall–Kier alpha value is -0.650. The lowest BCUT2D eigenvalue weighted by Gasteiger charge is -2.31. The lowest BCUT2D eigenvalue weighted by molar-refractivity contribution is -0.143. The third-order valence-electron chi connectivity index (χ3n) is 3.96. The van der Waals surface area contributed by atoms with E-state index in [9.17, 15) is 9.90 Å². The van der Waals surface area contributed by atoms with Crippen LogP contribution in [0, 0.1) is 0 Å². The van der Waals surface area contributed by atoms with Gasteiger partial charge in [-0.15, -0.1) is 0 Å². The number of morpholine rings is 1. The number of nitrogens with zero attached hydrogens (tertiary/aromatic N) is 2. The molecule has 0 amide bonds. The minimum absolute atomic E-state index is 0.270. The largest absolute Gasteiger partial charge is 0.480 e. The Morgan fingerprint density at radius 3 is 2.61 bits per heavy atom.